The second-order valence-electron chi connectivity index (χ2n) is 1.79. The first-order valence-corrected chi connectivity index (χ1v) is 3.65. The third kappa shape index (κ3) is 1.76. The van der Waals surface area contributed by atoms with E-state index >= 15 is 0 Å². The average Bonchev–Trinajstić information content (AvgIpc) is 2.31. The van der Waals surface area contributed by atoms with Crippen molar-refractivity contribution in [1.29, 1.82) is 0 Å². The van der Waals surface area contributed by atoms with Crippen LogP contribution in [0.4, 0.5) is 0 Å². The Morgan fingerprint density at radius 3 is 3.20 bits per heavy atom. The lowest BCUT2D eigenvalue weighted by Crippen LogP contribution is -1.78. The van der Waals surface area contributed by atoms with Crippen LogP contribution in [0.25, 0.3) is 0 Å². The lowest BCUT2D eigenvalue weighted by molar-refractivity contribution is 0.562. The van der Waals surface area contributed by atoms with Crippen molar-refractivity contribution < 1.29 is 4.79 Å². The number of aromatic nitrogens is 1. The van der Waals surface area contributed by atoms with Gasteiger partial charge in [0.2, 0.25) is 6.08 Å². The fraction of sp³-hybridized carbons (Fsp3) is 0.333. The van der Waals surface area contributed by atoms with Crippen LogP contribution in [0.15, 0.2) is 10.4 Å². The molecule has 0 aliphatic heterocycles. The number of hydrogen-bond acceptors (Lipinski definition) is 4. The van der Waals surface area contributed by atoms with Crippen LogP contribution in [0.5, 0.6) is 0 Å². The van der Waals surface area contributed by atoms with Crippen molar-refractivity contribution in [2.24, 2.45) is 4.99 Å². The van der Waals surface area contributed by atoms with Gasteiger partial charge in [-0.1, -0.05) is 0 Å². The van der Waals surface area contributed by atoms with Gasteiger partial charge in [-0.3, -0.25) is 0 Å². The van der Waals surface area contributed by atoms with Crippen LogP contribution in [-0.4, -0.2) is 11.1 Å². The molecule has 0 saturated carbocycles. The maximum Gasteiger partial charge on any atom is 0.235 e. The maximum absolute atomic E-state index is 9.67. The van der Waals surface area contributed by atoms with E-state index in [2.05, 4.69) is 9.98 Å². The van der Waals surface area contributed by atoms with E-state index in [0.717, 1.165) is 10.7 Å². The second-order valence-corrected chi connectivity index (χ2v) is 2.73. The summed E-state index contributed by atoms with van der Waals surface area (Å²) >= 11 is 1.51. The van der Waals surface area contributed by atoms with E-state index in [0.29, 0.717) is 6.54 Å². The lowest BCUT2D eigenvalue weighted by Gasteiger charge is -1.80. The molecule has 0 spiro atoms. The Hall–Kier alpha value is -0.990. The van der Waals surface area contributed by atoms with Crippen molar-refractivity contribution in [3.05, 3.63) is 16.1 Å². The number of thiazole rings is 1. The quantitative estimate of drug-likeness (QED) is 0.475. The number of carbonyl (C=O) groups excluding carboxylic acids is 1. The van der Waals surface area contributed by atoms with Gasteiger partial charge < -0.3 is 0 Å². The summed E-state index contributed by atoms with van der Waals surface area (Å²) in [6.07, 6.45) is 1.47. The maximum atomic E-state index is 9.67. The Morgan fingerprint density at radius 1 is 1.90 bits per heavy atom. The standard InChI is InChI=1S/C6H6N2OS/c1-5-3-10-6(8-5)2-7-4-9/h3H,2H2,1H3. The molecule has 1 aromatic heterocycles. The molecule has 0 amide bonds. The molecule has 1 heterocycles. The minimum absolute atomic E-state index is 0.363. The lowest BCUT2D eigenvalue weighted by atomic mass is 10.6. The van der Waals surface area contributed by atoms with Crippen molar-refractivity contribution in [3.8, 4) is 0 Å². The van der Waals surface area contributed by atoms with E-state index in [-0.39, 0.29) is 0 Å². The van der Waals surface area contributed by atoms with E-state index in [1.54, 1.807) is 0 Å². The third-order valence-electron chi connectivity index (χ3n) is 0.945. The molecule has 1 rings (SSSR count). The van der Waals surface area contributed by atoms with Gasteiger partial charge in [-0.05, 0) is 6.92 Å². The molecule has 0 radical (unpaired) electrons. The molecule has 0 aromatic carbocycles. The third-order valence-corrected chi connectivity index (χ3v) is 1.90. The largest absolute Gasteiger partial charge is 0.245 e. The zero-order valence-electron chi connectivity index (χ0n) is 5.50. The number of nitrogens with zero attached hydrogens (tertiary/aromatic N) is 2. The Kier molecular flexibility index (Phi) is 2.31. The van der Waals surface area contributed by atoms with Crippen molar-refractivity contribution in [1.82, 2.24) is 4.98 Å². The second kappa shape index (κ2) is 3.25. The summed E-state index contributed by atoms with van der Waals surface area (Å²) < 4.78 is 0. The van der Waals surface area contributed by atoms with E-state index < -0.39 is 0 Å². The molecule has 0 saturated heterocycles. The fourth-order valence-electron chi connectivity index (χ4n) is 0.575. The Balaban J connectivity index is 2.66. The van der Waals surface area contributed by atoms with Gasteiger partial charge in [-0.25, -0.2) is 9.78 Å². The van der Waals surface area contributed by atoms with Gasteiger partial charge in [-0.15, -0.1) is 11.3 Å². The SMILES string of the molecule is Cc1csc(CN=C=O)n1. The van der Waals surface area contributed by atoms with Gasteiger partial charge in [0, 0.05) is 11.1 Å². The average molecular weight is 154 g/mol. The van der Waals surface area contributed by atoms with Gasteiger partial charge in [-0.2, -0.15) is 4.99 Å². The molecule has 4 heteroatoms. The van der Waals surface area contributed by atoms with Crippen molar-refractivity contribution >= 4 is 17.4 Å². The van der Waals surface area contributed by atoms with E-state index in [1.807, 2.05) is 12.3 Å². The summed E-state index contributed by atoms with van der Waals surface area (Å²) in [6.45, 7) is 2.27. The topological polar surface area (TPSA) is 42.3 Å². The van der Waals surface area contributed by atoms with Crippen molar-refractivity contribution in [3.63, 3.8) is 0 Å². The summed E-state index contributed by atoms with van der Waals surface area (Å²) in [5.41, 5.74) is 0.973. The predicted octanol–water partition coefficient (Wildman–Crippen LogP) is 1.29. The fourth-order valence-corrected chi connectivity index (χ4v) is 1.27. The van der Waals surface area contributed by atoms with Crippen LogP contribution in [-0.2, 0) is 11.3 Å². The molecule has 1 aromatic rings. The molecule has 52 valence electrons. The molecule has 0 bridgehead atoms. The minimum Gasteiger partial charge on any atom is -0.245 e. The van der Waals surface area contributed by atoms with E-state index in [1.165, 1.54) is 17.4 Å². The molecular weight excluding hydrogens is 148 g/mol. The van der Waals surface area contributed by atoms with E-state index in [9.17, 15) is 4.79 Å². The molecule has 0 unspecified atom stereocenters. The van der Waals surface area contributed by atoms with Crippen molar-refractivity contribution in [2.75, 3.05) is 0 Å². The number of hydrogen-bond donors (Lipinski definition) is 0. The first kappa shape index (κ1) is 7.12. The number of aliphatic imine (C=N–C) groups is 1. The van der Waals surface area contributed by atoms with Crippen molar-refractivity contribution in [2.45, 2.75) is 13.5 Å². The van der Waals surface area contributed by atoms with E-state index in [4.69, 9.17) is 0 Å². The van der Waals surface area contributed by atoms with Crippen LogP contribution in [0.2, 0.25) is 0 Å². The zero-order chi connectivity index (χ0) is 7.40. The zero-order valence-corrected chi connectivity index (χ0v) is 6.31. The van der Waals surface area contributed by atoms with Crippen LogP contribution in [0.1, 0.15) is 10.7 Å². The molecular formula is C6H6N2OS. The van der Waals surface area contributed by atoms with Gasteiger partial charge in [0.1, 0.15) is 11.6 Å². The highest BCUT2D eigenvalue weighted by atomic mass is 32.1. The summed E-state index contributed by atoms with van der Waals surface area (Å²) in [5, 5.41) is 2.79. The molecule has 0 aliphatic carbocycles. The highest BCUT2D eigenvalue weighted by Gasteiger charge is 1.94. The first-order valence-electron chi connectivity index (χ1n) is 2.77. The number of aryl methyl sites for hydroxylation is 1. The number of isocyanates is 1. The Morgan fingerprint density at radius 2 is 2.70 bits per heavy atom. The van der Waals surface area contributed by atoms with Crippen LogP contribution < -0.4 is 0 Å². The van der Waals surface area contributed by atoms with Gasteiger partial charge in [0.05, 0.1) is 0 Å². The summed E-state index contributed by atoms with van der Waals surface area (Å²) in [5.74, 6) is 0. The van der Waals surface area contributed by atoms with Crippen LogP contribution >= 0.6 is 11.3 Å². The molecule has 0 aliphatic rings. The summed E-state index contributed by atoms with van der Waals surface area (Å²) in [7, 11) is 0. The normalized spacial score (nSPS) is 8.90. The molecule has 0 fully saturated rings. The Bertz CT molecular complexity index is 262. The smallest absolute Gasteiger partial charge is 0.235 e. The van der Waals surface area contributed by atoms with Gasteiger partial charge in [0.25, 0.3) is 0 Å². The minimum atomic E-state index is 0.363. The van der Waals surface area contributed by atoms with Gasteiger partial charge in [0.15, 0.2) is 0 Å². The first-order chi connectivity index (χ1) is 4.83. The highest BCUT2D eigenvalue weighted by molar-refractivity contribution is 7.09. The van der Waals surface area contributed by atoms with Gasteiger partial charge >= 0.3 is 0 Å². The summed E-state index contributed by atoms with van der Waals surface area (Å²) in [4.78, 5) is 17.2. The predicted molar refractivity (Wildman–Crippen MR) is 38.7 cm³/mol. The monoisotopic (exact) mass is 154 g/mol. The molecule has 3 nitrogen and oxygen atoms in total. The molecule has 0 atom stereocenters. The number of rotatable bonds is 2. The Labute approximate surface area is 62.4 Å². The molecule has 10 heavy (non-hydrogen) atoms. The summed E-state index contributed by atoms with van der Waals surface area (Å²) in [6, 6.07) is 0. The van der Waals surface area contributed by atoms with Crippen LogP contribution in [0, 0.1) is 6.92 Å². The molecule has 0 N–H and O–H groups in total. The highest BCUT2D eigenvalue weighted by Crippen LogP contribution is 2.08. The van der Waals surface area contributed by atoms with Crippen LogP contribution in [0.3, 0.4) is 0 Å².